The highest BCUT2D eigenvalue weighted by atomic mass is 35.5. The number of aryl methyl sites for hydroxylation is 1. The van der Waals surface area contributed by atoms with Crippen molar-refractivity contribution in [3.05, 3.63) is 45.7 Å². The molecule has 2 N–H and O–H groups in total. The summed E-state index contributed by atoms with van der Waals surface area (Å²) in [5, 5.41) is 2.95. The number of hydrogen-bond donors (Lipinski definition) is 2. The Balaban J connectivity index is 2.13. The molecule has 1 aliphatic heterocycles. The monoisotopic (exact) mass is 475 g/mol. The third kappa shape index (κ3) is 5.55. The number of nitrogens with one attached hydrogen (secondary N) is 2. The van der Waals surface area contributed by atoms with Crippen LogP contribution in [0.15, 0.2) is 18.2 Å². The quantitative estimate of drug-likeness (QED) is 0.521. The number of ether oxygens (including phenoxy) is 3. The predicted molar refractivity (Wildman–Crippen MR) is 124 cm³/mol. The van der Waals surface area contributed by atoms with Gasteiger partial charge in [0.25, 0.3) is 5.91 Å². The van der Waals surface area contributed by atoms with E-state index in [0.29, 0.717) is 39.7 Å². The number of H-pyrrole nitrogens is 1. The van der Waals surface area contributed by atoms with E-state index >= 15 is 0 Å². The Morgan fingerprint density at radius 1 is 1.27 bits per heavy atom. The molecular weight excluding hydrogens is 450 g/mol. The molecule has 1 aromatic carbocycles. The topological polar surface area (TPSA) is 110 Å². The first kappa shape index (κ1) is 24.3. The summed E-state index contributed by atoms with van der Waals surface area (Å²) >= 11 is 6.35. The Kier molecular flexibility index (Phi) is 7.78. The van der Waals surface area contributed by atoms with Crippen LogP contribution in [0.3, 0.4) is 0 Å². The number of fused-ring (bicyclic) bond motifs is 3. The second-order valence-electron chi connectivity index (χ2n) is 7.61. The van der Waals surface area contributed by atoms with Crippen LogP contribution in [0.4, 0.5) is 5.69 Å². The first-order valence-corrected chi connectivity index (χ1v) is 10.6. The summed E-state index contributed by atoms with van der Waals surface area (Å²) in [5.41, 5.74) is 3.74. The van der Waals surface area contributed by atoms with Gasteiger partial charge in [0.05, 0.1) is 36.5 Å². The summed E-state index contributed by atoms with van der Waals surface area (Å²) in [6.07, 6.45) is 1.39. The summed E-state index contributed by atoms with van der Waals surface area (Å²) in [4.78, 5) is 41.2. The number of rotatable bonds is 3. The number of hydrogen-bond acceptors (Lipinski definition) is 6. The van der Waals surface area contributed by atoms with Gasteiger partial charge in [-0.2, -0.15) is 0 Å². The van der Waals surface area contributed by atoms with Crippen molar-refractivity contribution in [1.82, 2.24) is 9.88 Å². The highest BCUT2D eigenvalue weighted by molar-refractivity contribution is 6.32. The van der Waals surface area contributed by atoms with Gasteiger partial charge in [0.2, 0.25) is 6.41 Å². The Hall–Kier alpha value is -3.30. The number of nitrogens with zero attached hydrogens (tertiary/aromatic N) is 1. The van der Waals surface area contributed by atoms with E-state index in [0.717, 1.165) is 11.3 Å². The molecule has 0 fully saturated rings. The lowest BCUT2D eigenvalue weighted by Crippen LogP contribution is -2.41. The fourth-order valence-corrected chi connectivity index (χ4v) is 3.79. The van der Waals surface area contributed by atoms with Crippen LogP contribution < -0.4 is 10.1 Å². The molecule has 1 aromatic heterocycles. The zero-order valence-electron chi connectivity index (χ0n) is 18.9. The van der Waals surface area contributed by atoms with Crippen LogP contribution >= 0.6 is 11.6 Å². The van der Waals surface area contributed by atoms with E-state index in [1.54, 1.807) is 25.2 Å². The van der Waals surface area contributed by atoms with Crippen LogP contribution in [0.2, 0.25) is 5.02 Å². The van der Waals surface area contributed by atoms with Crippen LogP contribution in [0, 0.1) is 6.92 Å². The minimum Gasteiger partial charge on any atom is -0.490 e. The summed E-state index contributed by atoms with van der Waals surface area (Å²) in [6.45, 7) is 3.86. The molecule has 2 amide bonds. The second-order valence-corrected chi connectivity index (χ2v) is 8.02. The molecule has 1 aliphatic rings. The van der Waals surface area contributed by atoms with E-state index in [1.165, 1.54) is 12.0 Å². The van der Waals surface area contributed by atoms with Crippen LogP contribution in [-0.4, -0.2) is 68.2 Å². The van der Waals surface area contributed by atoms with Gasteiger partial charge in [-0.1, -0.05) is 11.6 Å². The number of halogens is 1. The van der Waals surface area contributed by atoms with Gasteiger partial charge in [0, 0.05) is 24.0 Å². The highest BCUT2D eigenvalue weighted by Crippen LogP contribution is 2.35. The third-order valence-corrected chi connectivity index (χ3v) is 5.49. The molecule has 0 aliphatic carbocycles. The molecule has 9 nitrogen and oxygen atoms in total. The van der Waals surface area contributed by atoms with E-state index < -0.39 is 12.1 Å². The Bertz CT molecular complexity index is 1090. The lowest BCUT2D eigenvalue weighted by Gasteiger charge is -2.23. The SMILES string of the molecule is COC(=O)C1CN(C)C(=O)c2cc(C)[nH]c2/C=C(\C)c2cc(c(Cl)cc2NC=O)OCCO1. The number of amides is 2. The van der Waals surface area contributed by atoms with Crippen molar-refractivity contribution < 1.29 is 28.6 Å². The molecule has 176 valence electrons. The van der Waals surface area contributed by atoms with Gasteiger partial charge in [0.15, 0.2) is 6.10 Å². The maximum absolute atomic E-state index is 13.2. The van der Waals surface area contributed by atoms with E-state index in [9.17, 15) is 14.4 Å². The van der Waals surface area contributed by atoms with Gasteiger partial charge < -0.3 is 29.4 Å². The van der Waals surface area contributed by atoms with Gasteiger partial charge in [-0.15, -0.1) is 0 Å². The average molecular weight is 476 g/mol. The summed E-state index contributed by atoms with van der Waals surface area (Å²) in [7, 11) is 2.85. The molecule has 2 aromatic rings. The molecule has 2 heterocycles. The number of esters is 1. The zero-order valence-corrected chi connectivity index (χ0v) is 19.6. The maximum Gasteiger partial charge on any atom is 0.336 e. The van der Waals surface area contributed by atoms with Crippen molar-refractivity contribution in [3.8, 4) is 5.75 Å². The molecular formula is C23H26ClN3O6. The number of likely N-dealkylation sites (N-methyl/N-ethyl adjacent to an activating group) is 1. The first-order chi connectivity index (χ1) is 15.7. The standard InChI is InChI=1S/C23H26ClN3O6/c1-13-7-19-16(8-14(2)26-19)22(29)27(3)11-21(23(30)31-4)33-6-5-32-20-9-15(13)18(25-12-28)10-17(20)24/h7-10,12,21,26H,5-6,11H2,1-4H3,(H,25,28)/b13-7+. The molecule has 0 saturated heterocycles. The number of allylic oxidation sites excluding steroid dienone is 1. The highest BCUT2D eigenvalue weighted by Gasteiger charge is 2.26. The third-order valence-electron chi connectivity index (χ3n) is 5.20. The number of methoxy groups -OCH3 is 1. The number of aromatic amines is 1. The summed E-state index contributed by atoms with van der Waals surface area (Å²) in [5.74, 6) is -0.491. The maximum atomic E-state index is 13.2. The van der Waals surface area contributed by atoms with E-state index in [4.69, 9.17) is 25.8 Å². The van der Waals surface area contributed by atoms with Gasteiger partial charge >= 0.3 is 5.97 Å². The zero-order chi connectivity index (χ0) is 24.1. The lowest BCUT2D eigenvalue weighted by atomic mass is 10.0. The van der Waals surface area contributed by atoms with Crippen molar-refractivity contribution in [2.75, 3.05) is 39.2 Å². The Morgan fingerprint density at radius 2 is 2.03 bits per heavy atom. The van der Waals surface area contributed by atoms with Crippen molar-refractivity contribution in [2.45, 2.75) is 20.0 Å². The molecule has 1 unspecified atom stereocenters. The fraction of sp³-hybridized carbons (Fsp3) is 0.348. The van der Waals surface area contributed by atoms with E-state index in [1.807, 2.05) is 19.9 Å². The number of benzene rings is 1. The molecule has 33 heavy (non-hydrogen) atoms. The molecule has 0 spiro atoms. The lowest BCUT2D eigenvalue weighted by molar-refractivity contribution is -0.155. The molecule has 10 heteroatoms. The first-order valence-electron chi connectivity index (χ1n) is 10.2. The molecule has 0 radical (unpaired) electrons. The van der Waals surface area contributed by atoms with Crippen molar-refractivity contribution in [1.29, 1.82) is 0 Å². The summed E-state index contributed by atoms with van der Waals surface area (Å²) < 4.78 is 16.3. The van der Waals surface area contributed by atoms with Crippen LogP contribution in [0.1, 0.15) is 34.2 Å². The molecule has 3 rings (SSSR count). The Labute approximate surface area is 196 Å². The molecule has 1 atom stereocenters. The van der Waals surface area contributed by atoms with E-state index in [-0.39, 0.29) is 25.7 Å². The van der Waals surface area contributed by atoms with Crippen LogP contribution in [-0.2, 0) is 19.1 Å². The number of aromatic nitrogens is 1. The van der Waals surface area contributed by atoms with Crippen molar-refractivity contribution in [3.63, 3.8) is 0 Å². The summed E-state index contributed by atoms with van der Waals surface area (Å²) in [6, 6.07) is 5.04. The molecule has 2 bridgehead atoms. The van der Waals surface area contributed by atoms with Gasteiger partial charge in [0.1, 0.15) is 12.4 Å². The van der Waals surface area contributed by atoms with Crippen molar-refractivity contribution in [2.24, 2.45) is 0 Å². The van der Waals surface area contributed by atoms with Gasteiger partial charge in [-0.05, 0) is 43.7 Å². The minimum atomic E-state index is -0.983. The van der Waals surface area contributed by atoms with Crippen LogP contribution in [0.25, 0.3) is 11.6 Å². The number of anilines is 1. The average Bonchev–Trinajstić information content (AvgIpc) is 3.14. The predicted octanol–water partition coefficient (Wildman–Crippen LogP) is 3.13. The minimum absolute atomic E-state index is 0.000217. The smallest absolute Gasteiger partial charge is 0.336 e. The Morgan fingerprint density at radius 3 is 2.73 bits per heavy atom. The second kappa shape index (κ2) is 10.5. The number of carbonyl (C=O) groups excluding carboxylic acids is 3. The normalized spacial score (nSPS) is 18.7. The van der Waals surface area contributed by atoms with Crippen LogP contribution in [0.5, 0.6) is 5.75 Å². The van der Waals surface area contributed by atoms with Gasteiger partial charge in [-0.3, -0.25) is 9.59 Å². The van der Waals surface area contributed by atoms with E-state index in [2.05, 4.69) is 10.3 Å². The van der Waals surface area contributed by atoms with Gasteiger partial charge in [-0.25, -0.2) is 4.79 Å². The number of carbonyl (C=O) groups is 3. The molecule has 0 saturated carbocycles. The largest absolute Gasteiger partial charge is 0.490 e. The fourth-order valence-electron chi connectivity index (χ4n) is 3.57. The van der Waals surface area contributed by atoms with Crippen molar-refractivity contribution >= 4 is 47.2 Å².